The third kappa shape index (κ3) is 3.76. The van der Waals surface area contributed by atoms with Crippen LogP contribution in [-0.4, -0.2) is 12.5 Å². The number of carbonyl (C=O) groups is 1. The molecule has 0 bridgehead atoms. The van der Waals surface area contributed by atoms with Crippen LogP contribution in [-0.2, 0) is 11.3 Å². The number of para-hydroxylation sites is 1. The van der Waals surface area contributed by atoms with Gasteiger partial charge in [-0.05, 0) is 18.2 Å². The Labute approximate surface area is 96.2 Å². The lowest BCUT2D eigenvalue weighted by Crippen LogP contribution is -2.16. The standard InChI is InChI=1S/C13H16N2O/c1-3-7-13(16)15-12-9-6-5-8-11(12)10-14-4-2/h1,5-6,8-9,14H,4,7,10H2,2H3,(H,15,16). The molecular formula is C13H16N2O. The average molecular weight is 216 g/mol. The van der Waals surface area contributed by atoms with Gasteiger partial charge in [-0.15, -0.1) is 6.42 Å². The summed E-state index contributed by atoms with van der Waals surface area (Å²) < 4.78 is 0. The van der Waals surface area contributed by atoms with E-state index in [0.717, 1.165) is 24.3 Å². The van der Waals surface area contributed by atoms with Gasteiger partial charge in [-0.3, -0.25) is 4.79 Å². The summed E-state index contributed by atoms with van der Waals surface area (Å²) in [4.78, 5) is 11.4. The summed E-state index contributed by atoms with van der Waals surface area (Å²) in [7, 11) is 0. The highest BCUT2D eigenvalue weighted by atomic mass is 16.1. The second-order valence-corrected chi connectivity index (χ2v) is 3.37. The SMILES string of the molecule is C#CCC(=O)Nc1ccccc1CNCC. The second-order valence-electron chi connectivity index (χ2n) is 3.37. The monoisotopic (exact) mass is 216 g/mol. The molecule has 0 spiro atoms. The van der Waals surface area contributed by atoms with Crippen molar-refractivity contribution in [3.05, 3.63) is 29.8 Å². The van der Waals surface area contributed by atoms with Gasteiger partial charge in [0.25, 0.3) is 0 Å². The minimum atomic E-state index is -0.147. The highest BCUT2D eigenvalue weighted by Gasteiger charge is 2.04. The van der Waals surface area contributed by atoms with Gasteiger partial charge in [-0.25, -0.2) is 0 Å². The van der Waals surface area contributed by atoms with Crippen molar-refractivity contribution < 1.29 is 4.79 Å². The van der Waals surface area contributed by atoms with Crippen molar-refractivity contribution in [2.75, 3.05) is 11.9 Å². The predicted molar refractivity (Wildman–Crippen MR) is 65.9 cm³/mol. The van der Waals surface area contributed by atoms with Crippen LogP contribution in [0, 0.1) is 12.3 Å². The van der Waals surface area contributed by atoms with Crippen molar-refractivity contribution in [1.29, 1.82) is 0 Å². The highest BCUT2D eigenvalue weighted by molar-refractivity contribution is 5.92. The van der Waals surface area contributed by atoms with E-state index in [0.29, 0.717) is 0 Å². The Balaban J connectivity index is 2.71. The van der Waals surface area contributed by atoms with Gasteiger partial charge in [-0.2, -0.15) is 0 Å². The molecule has 0 aliphatic heterocycles. The molecule has 1 rings (SSSR count). The summed E-state index contributed by atoms with van der Waals surface area (Å²) in [6, 6.07) is 7.69. The lowest BCUT2D eigenvalue weighted by atomic mass is 10.1. The Morgan fingerprint density at radius 3 is 2.88 bits per heavy atom. The molecule has 2 N–H and O–H groups in total. The Morgan fingerprint density at radius 1 is 1.44 bits per heavy atom. The fourth-order valence-electron chi connectivity index (χ4n) is 1.34. The maximum absolute atomic E-state index is 11.4. The first kappa shape index (κ1) is 12.3. The topological polar surface area (TPSA) is 41.1 Å². The molecule has 3 heteroatoms. The fourth-order valence-corrected chi connectivity index (χ4v) is 1.34. The summed E-state index contributed by atoms with van der Waals surface area (Å²) in [5.41, 5.74) is 1.89. The van der Waals surface area contributed by atoms with Crippen LogP contribution in [0.5, 0.6) is 0 Å². The van der Waals surface area contributed by atoms with Crippen LogP contribution in [0.15, 0.2) is 24.3 Å². The van der Waals surface area contributed by atoms with Gasteiger partial charge in [-0.1, -0.05) is 31.0 Å². The normalized spacial score (nSPS) is 9.50. The van der Waals surface area contributed by atoms with E-state index in [-0.39, 0.29) is 12.3 Å². The molecule has 0 aromatic heterocycles. The van der Waals surface area contributed by atoms with Gasteiger partial charge in [0.1, 0.15) is 0 Å². The Morgan fingerprint density at radius 2 is 2.19 bits per heavy atom. The molecule has 0 aliphatic carbocycles. The van der Waals surface area contributed by atoms with Gasteiger partial charge in [0.2, 0.25) is 5.91 Å². The van der Waals surface area contributed by atoms with Crippen molar-refractivity contribution in [2.45, 2.75) is 19.9 Å². The van der Waals surface area contributed by atoms with Crippen molar-refractivity contribution in [3.63, 3.8) is 0 Å². The van der Waals surface area contributed by atoms with Crippen LogP contribution in [0.3, 0.4) is 0 Å². The molecule has 0 fully saturated rings. The van der Waals surface area contributed by atoms with Crippen LogP contribution in [0.1, 0.15) is 18.9 Å². The first-order valence-electron chi connectivity index (χ1n) is 5.30. The first-order chi connectivity index (χ1) is 7.77. The van der Waals surface area contributed by atoms with Crippen molar-refractivity contribution in [2.24, 2.45) is 0 Å². The summed E-state index contributed by atoms with van der Waals surface area (Å²) in [5.74, 6) is 2.18. The number of amides is 1. The quantitative estimate of drug-likeness (QED) is 0.736. The summed E-state index contributed by atoms with van der Waals surface area (Å²) in [6.07, 6.45) is 5.18. The number of nitrogens with one attached hydrogen (secondary N) is 2. The third-order valence-corrected chi connectivity index (χ3v) is 2.12. The molecule has 84 valence electrons. The molecule has 1 aromatic rings. The van der Waals surface area contributed by atoms with E-state index in [4.69, 9.17) is 6.42 Å². The van der Waals surface area contributed by atoms with Crippen LogP contribution in [0.4, 0.5) is 5.69 Å². The smallest absolute Gasteiger partial charge is 0.236 e. The Bertz CT molecular complexity index is 393. The van der Waals surface area contributed by atoms with Crippen molar-refractivity contribution >= 4 is 11.6 Å². The Kier molecular flexibility index (Phi) is 5.10. The maximum Gasteiger partial charge on any atom is 0.236 e. The summed E-state index contributed by atoms with van der Waals surface area (Å²) in [5, 5.41) is 6.02. The number of hydrogen-bond donors (Lipinski definition) is 2. The zero-order chi connectivity index (χ0) is 11.8. The molecule has 1 aromatic carbocycles. The molecule has 0 radical (unpaired) electrons. The number of benzene rings is 1. The molecule has 3 nitrogen and oxygen atoms in total. The average Bonchev–Trinajstić information content (AvgIpc) is 2.28. The lowest BCUT2D eigenvalue weighted by Gasteiger charge is -2.10. The van der Waals surface area contributed by atoms with Gasteiger partial charge in [0.15, 0.2) is 0 Å². The number of carbonyl (C=O) groups excluding carboxylic acids is 1. The minimum Gasteiger partial charge on any atom is -0.325 e. The minimum absolute atomic E-state index is 0.107. The fraction of sp³-hybridized carbons (Fsp3) is 0.308. The molecule has 1 amide bonds. The van der Waals surface area contributed by atoms with Gasteiger partial charge in [0.05, 0.1) is 6.42 Å². The molecular weight excluding hydrogens is 200 g/mol. The largest absolute Gasteiger partial charge is 0.325 e. The highest BCUT2D eigenvalue weighted by Crippen LogP contribution is 2.14. The number of anilines is 1. The van der Waals surface area contributed by atoms with E-state index >= 15 is 0 Å². The van der Waals surface area contributed by atoms with Crippen molar-refractivity contribution in [3.8, 4) is 12.3 Å². The van der Waals surface area contributed by atoms with E-state index in [1.165, 1.54) is 0 Å². The predicted octanol–water partition coefficient (Wildman–Crippen LogP) is 1.76. The van der Waals surface area contributed by atoms with Crippen LogP contribution in [0.2, 0.25) is 0 Å². The number of hydrogen-bond acceptors (Lipinski definition) is 2. The van der Waals surface area contributed by atoms with E-state index in [1.807, 2.05) is 31.2 Å². The van der Waals surface area contributed by atoms with Gasteiger partial charge < -0.3 is 10.6 Å². The lowest BCUT2D eigenvalue weighted by molar-refractivity contribution is -0.115. The van der Waals surface area contributed by atoms with E-state index in [9.17, 15) is 4.79 Å². The molecule has 0 aliphatic rings. The maximum atomic E-state index is 11.4. The zero-order valence-corrected chi connectivity index (χ0v) is 9.42. The number of terminal acetylenes is 1. The molecule has 0 heterocycles. The molecule has 0 unspecified atom stereocenters. The zero-order valence-electron chi connectivity index (χ0n) is 9.42. The van der Waals surface area contributed by atoms with Gasteiger partial charge >= 0.3 is 0 Å². The van der Waals surface area contributed by atoms with E-state index < -0.39 is 0 Å². The molecule has 0 saturated carbocycles. The molecule has 0 atom stereocenters. The third-order valence-electron chi connectivity index (χ3n) is 2.12. The van der Waals surface area contributed by atoms with E-state index in [2.05, 4.69) is 16.6 Å². The van der Waals surface area contributed by atoms with E-state index in [1.54, 1.807) is 0 Å². The molecule has 0 saturated heterocycles. The number of rotatable bonds is 5. The van der Waals surface area contributed by atoms with Crippen LogP contribution < -0.4 is 10.6 Å². The molecule has 16 heavy (non-hydrogen) atoms. The summed E-state index contributed by atoms with van der Waals surface area (Å²) in [6.45, 7) is 3.68. The summed E-state index contributed by atoms with van der Waals surface area (Å²) >= 11 is 0. The van der Waals surface area contributed by atoms with Crippen LogP contribution >= 0.6 is 0 Å². The van der Waals surface area contributed by atoms with Crippen LogP contribution in [0.25, 0.3) is 0 Å². The second kappa shape index (κ2) is 6.65. The Hall–Kier alpha value is -1.79. The van der Waals surface area contributed by atoms with Crippen molar-refractivity contribution in [1.82, 2.24) is 5.32 Å². The van der Waals surface area contributed by atoms with Gasteiger partial charge in [0, 0.05) is 12.2 Å². The first-order valence-corrected chi connectivity index (χ1v) is 5.30.